The van der Waals surface area contributed by atoms with Gasteiger partial charge in [-0.1, -0.05) is 30.3 Å². The molecule has 1 amide bonds. The van der Waals surface area contributed by atoms with E-state index in [1.54, 1.807) is 36.1 Å². The first kappa shape index (κ1) is 13.3. The third-order valence-corrected chi connectivity index (χ3v) is 2.99. The van der Waals surface area contributed by atoms with Gasteiger partial charge in [-0.25, -0.2) is 0 Å². The average molecular weight is 258 g/mol. The van der Waals surface area contributed by atoms with Crippen molar-refractivity contribution in [2.24, 2.45) is 12.8 Å². The molecule has 19 heavy (non-hydrogen) atoms. The van der Waals surface area contributed by atoms with Crippen molar-refractivity contribution >= 4 is 5.91 Å². The summed E-state index contributed by atoms with van der Waals surface area (Å²) in [5.41, 5.74) is 7.77. The molecule has 2 N–H and O–H groups in total. The summed E-state index contributed by atoms with van der Waals surface area (Å²) < 4.78 is 1.64. The van der Waals surface area contributed by atoms with Crippen LogP contribution in [-0.4, -0.2) is 27.6 Å². The first-order valence-corrected chi connectivity index (χ1v) is 6.11. The molecule has 0 fully saturated rings. The van der Waals surface area contributed by atoms with Gasteiger partial charge in [-0.15, -0.1) is 0 Å². The summed E-state index contributed by atoms with van der Waals surface area (Å²) in [5, 5.41) is 4.03. The number of hydrogen-bond donors (Lipinski definition) is 1. The van der Waals surface area contributed by atoms with Crippen molar-refractivity contribution in [2.45, 2.75) is 12.6 Å². The number of hydrogen-bond acceptors (Lipinski definition) is 3. The van der Waals surface area contributed by atoms with Crippen LogP contribution in [0.2, 0.25) is 0 Å². The van der Waals surface area contributed by atoms with Gasteiger partial charge in [0.2, 0.25) is 5.91 Å². The van der Waals surface area contributed by atoms with E-state index in [0.717, 1.165) is 11.1 Å². The van der Waals surface area contributed by atoms with Gasteiger partial charge in [-0.3, -0.25) is 9.48 Å². The Labute approximate surface area is 112 Å². The van der Waals surface area contributed by atoms with Gasteiger partial charge in [0.05, 0.1) is 6.20 Å². The highest BCUT2D eigenvalue weighted by atomic mass is 16.2. The highest BCUT2D eigenvalue weighted by molar-refractivity contribution is 5.82. The summed E-state index contributed by atoms with van der Waals surface area (Å²) in [6, 6.07) is 9.16. The second-order valence-corrected chi connectivity index (χ2v) is 4.60. The summed E-state index contributed by atoms with van der Waals surface area (Å²) in [6.45, 7) is 0.549. The number of rotatable bonds is 4. The fraction of sp³-hybridized carbons (Fsp3) is 0.286. The van der Waals surface area contributed by atoms with E-state index in [4.69, 9.17) is 5.73 Å². The van der Waals surface area contributed by atoms with E-state index in [9.17, 15) is 4.79 Å². The van der Waals surface area contributed by atoms with Crippen LogP contribution in [0.25, 0.3) is 0 Å². The van der Waals surface area contributed by atoms with Crippen LogP contribution in [0.5, 0.6) is 0 Å². The minimum absolute atomic E-state index is 0.114. The number of amides is 1. The van der Waals surface area contributed by atoms with Crippen molar-refractivity contribution in [3.63, 3.8) is 0 Å². The molecule has 1 aromatic carbocycles. The molecule has 5 heteroatoms. The third kappa shape index (κ3) is 3.20. The van der Waals surface area contributed by atoms with E-state index in [2.05, 4.69) is 5.10 Å². The summed E-state index contributed by atoms with van der Waals surface area (Å²) in [5.74, 6) is -0.114. The lowest BCUT2D eigenvalue weighted by Crippen LogP contribution is -2.35. The normalized spacial score (nSPS) is 12.2. The van der Waals surface area contributed by atoms with Crippen LogP contribution in [0, 0.1) is 0 Å². The lowest BCUT2D eigenvalue weighted by Gasteiger charge is -2.20. The van der Waals surface area contributed by atoms with Crippen LogP contribution >= 0.6 is 0 Å². The molecule has 0 aliphatic heterocycles. The Balaban J connectivity index is 2.03. The van der Waals surface area contributed by atoms with Gasteiger partial charge in [0.15, 0.2) is 0 Å². The highest BCUT2D eigenvalue weighted by Crippen LogP contribution is 2.13. The molecule has 1 unspecified atom stereocenters. The molecule has 1 heterocycles. The monoisotopic (exact) mass is 258 g/mol. The second kappa shape index (κ2) is 5.67. The van der Waals surface area contributed by atoms with E-state index >= 15 is 0 Å². The quantitative estimate of drug-likeness (QED) is 0.892. The summed E-state index contributed by atoms with van der Waals surface area (Å²) in [7, 11) is 3.56. The van der Waals surface area contributed by atoms with Gasteiger partial charge in [0.1, 0.15) is 6.04 Å². The number of aromatic nitrogens is 2. The highest BCUT2D eigenvalue weighted by Gasteiger charge is 2.21. The third-order valence-electron chi connectivity index (χ3n) is 2.99. The Hall–Kier alpha value is -2.14. The van der Waals surface area contributed by atoms with Crippen molar-refractivity contribution in [1.29, 1.82) is 0 Å². The molecule has 1 atom stereocenters. The van der Waals surface area contributed by atoms with E-state index in [-0.39, 0.29) is 5.91 Å². The fourth-order valence-electron chi connectivity index (χ4n) is 1.92. The zero-order chi connectivity index (χ0) is 13.8. The van der Waals surface area contributed by atoms with Gasteiger partial charge >= 0.3 is 0 Å². The van der Waals surface area contributed by atoms with Gasteiger partial charge in [-0.05, 0) is 5.56 Å². The largest absolute Gasteiger partial charge is 0.340 e. The molecule has 5 nitrogen and oxygen atoms in total. The molecule has 100 valence electrons. The number of carbonyl (C=O) groups is 1. The standard InChI is InChI=1S/C14H18N4O/c1-17(9-11-6-4-3-5-7-11)14(19)13(15)12-8-16-18(2)10-12/h3-8,10,13H,9,15H2,1-2H3. The molecular weight excluding hydrogens is 240 g/mol. The van der Waals surface area contributed by atoms with Gasteiger partial charge in [0.25, 0.3) is 0 Å². The average Bonchev–Trinajstić information content (AvgIpc) is 2.85. The second-order valence-electron chi connectivity index (χ2n) is 4.60. The fourth-order valence-corrected chi connectivity index (χ4v) is 1.92. The molecule has 2 aromatic rings. The van der Waals surface area contributed by atoms with Crippen LogP contribution in [0.15, 0.2) is 42.7 Å². The van der Waals surface area contributed by atoms with Crippen molar-refractivity contribution in [2.75, 3.05) is 7.05 Å². The smallest absolute Gasteiger partial charge is 0.244 e. The first-order chi connectivity index (χ1) is 9.08. The van der Waals surface area contributed by atoms with Crippen LogP contribution in [0.3, 0.4) is 0 Å². The number of aryl methyl sites for hydroxylation is 1. The summed E-state index contributed by atoms with van der Waals surface area (Å²) in [4.78, 5) is 13.9. The van der Waals surface area contributed by atoms with Crippen molar-refractivity contribution in [3.05, 3.63) is 53.9 Å². The van der Waals surface area contributed by atoms with Crippen molar-refractivity contribution in [3.8, 4) is 0 Å². The predicted octanol–water partition coefficient (Wildman–Crippen LogP) is 1.08. The summed E-state index contributed by atoms with van der Waals surface area (Å²) in [6.07, 6.45) is 3.39. The maximum absolute atomic E-state index is 12.2. The molecule has 0 radical (unpaired) electrons. The number of nitrogens with zero attached hydrogens (tertiary/aromatic N) is 3. The Morgan fingerprint density at radius 1 is 1.42 bits per heavy atom. The Morgan fingerprint density at radius 2 is 2.11 bits per heavy atom. The zero-order valence-corrected chi connectivity index (χ0v) is 11.2. The minimum Gasteiger partial charge on any atom is -0.340 e. The molecule has 0 saturated heterocycles. The van der Waals surface area contributed by atoms with Gasteiger partial charge in [-0.2, -0.15) is 5.10 Å². The van der Waals surface area contributed by atoms with Crippen LogP contribution in [-0.2, 0) is 18.4 Å². The van der Waals surface area contributed by atoms with Crippen LogP contribution in [0.1, 0.15) is 17.2 Å². The SMILES string of the molecule is CN(Cc1ccccc1)C(=O)C(N)c1cnn(C)c1. The van der Waals surface area contributed by atoms with E-state index in [1.807, 2.05) is 30.3 Å². The first-order valence-electron chi connectivity index (χ1n) is 6.11. The predicted molar refractivity (Wildman–Crippen MR) is 73.1 cm³/mol. The molecule has 2 rings (SSSR count). The lowest BCUT2D eigenvalue weighted by atomic mass is 10.1. The number of carbonyl (C=O) groups excluding carboxylic acids is 1. The van der Waals surface area contributed by atoms with Crippen LogP contribution in [0.4, 0.5) is 0 Å². The van der Waals surface area contributed by atoms with Gasteiger partial charge < -0.3 is 10.6 Å². The minimum atomic E-state index is -0.664. The molecule has 1 aromatic heterocycles. The number of likely N-dealkylation sites (N-methyl/N-ethyl adjacent to an activating group) is 1. The van der Waals surface area contributed by atoms with Crippen LogP contribution < -0.4 is 5.73 Å². The van der Waals surface area contributed by atoms with E-state index < -0.39 is 6.04 Å². The molecule has 0 spiro atoms. The molecule has 0 saturated carbocycles. The van der Waals surface area contributed by atoms with E-state index in [1.165, 1.54) is 0 Å². The Bertz CT molecular complexity index is 550. The molecular formula is C14H18N4O. The molecule has 0 aliphatic rings. The van der Waals surface area contributed by atoms with Gasteiger partial charge in [0, 0.05) is 32.4 Å². The van der Waals surface area contributed by atoms with Crippen molar-refractivity contribution in [1.82, 2.24) is 14.7 Å². The number of nitrogens with two attached hydrogens (primary N) is 1. The Kier molecular flexibility index (Phi) is 3.97. The maximum Gasteiger partial charge on any atom is 0.244 e. The maximum atomic E-state index is 12.2. The summed E-state index contributed by atoms with van der Waals surface area (Å²) >= 11 is 0. The topological polar surface area (TPSA) is 64.2 Å². The number of benzene rings is 1. The van der Waals surface area contributed by atoms with E-state index in [0.29, 0.717) is 6.54 Å². The zero-order valence-electron chi connectivity index (χ0n) is 11.2. The van der Waals surface area contributed by atoms with Crippen molar-refractivity contribution < 1.29 is 4.79 Å². The molecule has 0 aliphatic carbocycles. The lowest BCUT2D eigenvalue weighted by molar-refractivity contribution is -0.131. The molecule has 0 bridgehead atoms. The Morgan fingerprint density at radius 3 is 2.68 bits per heavy atom.